The first kappa shape index (κ1) is 14.7. The van der Waals surface area contributed by atoms with Crippen molar-refractivity contribution in [2.75, 3.05) is 6.61 Å². The van der Waals surface area contributed by atoms with Crippen LogP contribution in [0.3, 0.4) is 0 Å². The minimum Gasteiger partial charge on any atom is -0.374 e. The van der Waals surface area contributed by atoms with Crippen molar-refractivity contribution in [2.45, 2.75) is 52.3 Å². The molecular weight excluding hydrogens is 282 g/mol. The van der Waals surface area contributed by atoms with E-state index >= 15 is 0 Å². The Kier molecular flexibility index (Phi) is 4.75. The molecule has 0 spiro atoms. The SMILES string of the molecule is CC(C)n1ncc(Br)c1C(N)COC(C)(C)C. The molecule has 1 unspecified atom stereocenters. The van der Waals surface area contributed by atoms with Crippen LogP contribution in [0.25, 0.3) is 0 Å². The number of hydrogen-bond acceptors (Lipinski definition) is 3. The van der Waals surface area contributed by atoms with Gasteiger partial charge in [0.2, 0.25) is 0 Å². The topological polar surface area (TPSA) is 53.1 Å². The summed E-state index contributed by atoms with van der Waals surface area (Å²) in [7, 11) is 0. The summed E-state index contributed by atoms with van der Waals surface area (Å²) < 4.78 is 8.59. The number of hydrogen-bond donors (Lipinski definition) is 1. The molecule has 0 aliphatic heterocycles. The zero-order valence-electron chi connectivity index (χ0n) is 11.2. The van der Waals surface area contributed by atoms with Gasteiger partial charge in [0, 0.05) is 6.04 Å². The van der Waals surface area contributed by atoms with Crippen LogP contribution in [0.5, 0.6) is 0 Å². The number of nitrogens with two attached hydrogens (primary N) is 1. The van der Waals surface area contributed by atoms with Crippen LogP contribution in [0, 0.1) is 0 Å². The Labute approximate surface area is 112 Å². The molecule has 0 saturated heterocycles. The predicted molar refractivity (Wildman–Crippen MR) is 72.9 cm³/mol. The van der Waals surface area contributed by atoms with Crippen LogP contribution >= 0.6 is 15.9 Å². The van der Waals surface area contributed by atoms with E-state index in [1.54, 1.807) is 6.20 Å². The lowest BCUT2D eigenvalue weighted by Crippen LogP contribution is -2.28. The van der Waals surface area contributed by atoms with Crippen LogP contribution in [-0.2, 0) is 4.74 Å². The summed E-state index contributed by atoms with van der Waals surface area (Å²) in [6, 6.07) is 0.116. The quantitative estimate of drug-likeness (QED) is 0.930. The normalized spacial score (nSPS) is 14.4. The largest absolute Gasteiger partial charge is 0.374 e. The molecule has 0 radical (unpaired) electrons. The maximum Gasteiger partial charge on any atom is 0.0720 e. The molecule has 1 aromatic rings. The molecule has 2 N–H and O–H groups in total. The monoisotopic (exact) mass is 303 g/mol. The molecule has 0 aromatic carbocycles. The number of rotatable bonds is 4. The Morgan fingerprint density at radius 2 is 2.06 bits per heavy atom. The summed E-state index contributed by atoms with van der Waals surface area (Å²) in [4.78, 5) is 0. The van der Waals surface area contributed by atoms with Gasteiger partial charge in [0.05, 0.1) is 34.6 Å². The molecule has 98 valence electrons. The molecule has 0 amide bonds. The predicted octanol–water partition coefficient (Wildman–Crippen LogP) is 3.04. The van der Waals surface area contributed by atoms with Gasteiger partial charge in [0.15, 0.2) is 0 Å². The van der Waals surface area contributed by atoms with E-state index in [2.05, 4.69) is 34.9 Å². The first-order valence-corrected chi connectivity index (χ1v) is 6.64. The highest BCUT2D eigenvalue weighted by molar-refractivity contribution is 9.10. The fraction of sp³-hybridized carbons (Fsp3) is 0.750. The Morgan fingerprint density at radius 3 is 2.53 bits per heavy atom. The van der Waals surface area contributed by atoms with Crippen LogP contribution in [-0.4, -0.2) is 22.0 Å². The third-order valence-corrected chi connectivity index (χ3v) is 2.93. The molecule has 5 heteroatoms. The highest BCUT2D eigenvalue weighted by Gasteiger charge is 2.20. The Bertz CT molecular complexity index is 368. The van der Waals surface area contributed by atoms with Crippen molar-refractivity contribution in [1.29, 1.82) is 0 Å². The van der Waals surface area contributed by atoms with Crippen LogP contribution in [0.1, 0.15) is 52.4 Å². The average molecular weight is 304 g/mol. The van der Waals surface area contributed by atoms with Crippen molar-refractivity contribution < 1.29 is 4.74 Å². The van der Waals surface area contributed by atoms with Crippen LogP contribution in [0.15, 0.2) is 10.7 Å². The van der Waals surface area contributed by atoms with Crippen LogP contribution in [0.2, 0.25) is 0 Å². The van der Waals surface area contributed by atoms with Gasteiger partial charge in [-0.05, 0) is 50.5 Å². The average Bonchev–Trinajstić information content (AvgIpc) is 2.55. The highest BCUT2D eigenvalue weighted by atomic mass is 79.9. The maximum absolute atomic E-state index is 6.17. The van der Waals surface area contributed by atoms with Crippen molar-refractivity contribution in [2.24, 2.45) is 5.73 Å². The summed E-state index contributed by atoms with van der Waals surface area (Å²) in [5, 5.41) is 4.31. The zero-order valence-corrected chi connectivity index (χ0v) is 12.8. The van der Waals surface area contributed by atoms with Gasteiger partial charge < -0.3 is 10.5 Å². The molecule has 1 rings (SSSR count). The molecule has 1 aromatic heterocycles. The second-order valence-electron chi connectivity index (χ2n) is 5.45. The number of nitrogens with zero attached hydrogens (tertiary/aromatic N) is 2. The first-order chi connectivity index (χ1) is 7.72. The van der Waals surface area contributed by atoms with Crippen molar-refractivity contribution in [1.82, 2.24) is 9.78 Å². The molecule has 0 bridgehead atoms. The molecule has 1 heterocycles. The number of halogens is 1. The molecule has 17 heavy (non-hydrogen) atoms. The van der Waals surface area contributed by atoms with Crippen molar-refractivity contribution in [3.63, 3.8) is 0 Å². The van der Waals surface area contributed by atoms with E-state index in [1.165, 1.54) is 0 Å². The molecule has 1 atom stereocenters. The van der Waals surface area contributed by atoms with Gasteiger partial charge in [-0.3, -0.25) is 4.68 Å². The van der Waals surface area contributed by atoms with Crippen molar-refractivity contribution in [3.05, 3.63) is 16.4 Å². The molecule has 0 fully saturated rings. The summed E-state index contributed by atoms with van der Waals surface area (Å²) in [5.74, 6) is 0. The lowest BCUT2D eigenvalue weighted by atomic mass is 10.1. The molecule has 4 nitrogen and oxygen atoms in total. The van der Waals surface area contributed by atoms with Gasteiger partial charge in [0.25, 0.3) is 0 Å². The lowest BCUT2D eigenvalue weighted by molar-refractivity contribution is -0.0112. The Balaban J connectivity index is 2.81. The first-order valence-electron chi connectivity index (χ1n) is 5.85. The minimum absolute atomic E-state index is 0.173. The summed E-state index contributed by atoms with van der Waals surface area (Å²) in [6.07, 6.45) is 1.78. The standard InChI is InChI=1S/C12H22BrN3O/c1-8(2)16-11(9(13)6-15-16)10(14)7-17-12(3,4)5/h6,8,10H,7,14H2,1-5H3. The molecular formula is C12H22BrN3O. The van der Waals surface area contributed by atoms with E-state index in [0.717, 1.165) is 10.2 Å². The van der Waals surface area contributed by atoms with Gasteiger partial charge in [0.1, 0.15) is 0 Å². The van der Waals surface area contributed by atoms with Gasteiger partial charge >= 0.3 is 0 Å². The van der Waals surface area contributed by atoms with E-state index < -0.39 is 0 Å². The zero-order chi connectivity index (χ0) is 13.2. The van der Waals surface area contributed by atoms with Gasteiger partial charge in [-0.25, -0.2) is 0 Å². The smallest absolute Gasteiger partial charge is 0.0720 e. The lowest BCUT2D eigenvalue weighted by Gasteiger charge is -2.23. The number of ether oxygens (including phenoxy) is 1. The fourth-order valence-corrected chi connectivity index (χ4v) is 2.10. The van der Waals surface area contributed by atoms with E-state index in [1.807, 2.05) is 25.5 Å². The highest BCUT2D eigenvalue weighted by Crippen LogP contribution is 2.25. The van der Waals surface area contributed by atoms with E-state index in [4.69, 9.17) is 10.5 Å². The third-order valence-electron chi connectivity index (χ3n) is 2.32. The van der Waals surface area contributed by atoms with E-state index in [-0.39, 0.29) is 17.7 Å². The molecule has 0 aliphatic rings. The summed E-state index contributed by atoms with van der Waals surface area (Å²) in [5.41, 5.74) is 6.99. The second-order valence-corrected chi connectivity index (χ2v) is 6.30. The number of aromatic nitrogens is 2. The van der Waals surface area contributed by atoms with Crippen LogP contribution < -0.4 is 5.73 Å². The van der Waals surface area contributed by atoms with Crippen LogP contribution in [0.4, 0.5) is 0 Å². The van der Waals surface area contributed by atoms with E-state index in [0.29, 0.717) is 6.61 Å². The van der Waals surface area contributed by atoms with Crippen molar-refractivity contribution in [3.8, 4) is 0 Å². The summed E-state index contributed by atoms with van der Waals surface area (Å²) >= 11 is 3.49. The van der Waals surface area contributed by atoms with Gasteiger partial charge in [-0.15, -0.1) is 0 Å². The fourth-order valence-electron chi connectivity index (χ4n) is 1.53. The van der Waals surface area contributed by atoms with Crippen molar-refractivity contribution >= 4 is 15.9 Å². The molecule has 0 saturated carbocycles. The van der Waals surface area contributed by atoms with E-state index in [9.17, 15) is 0 Å². The minimum atomic E-state index is -0.174. The third kappa shape index (κ3) is 4.08. The maximum atomic E-state index is 6.17. The van der Waals surface area contributed by atoms with Gasteiger partial charge in [-0.2, -0.15) is 5.10 Å². The Hall–Kier alpha value is -0.390. The Morgan fingerprint density at radius 1 is 1.47 bits per heavy atom. The second kappa shape index (κ2) is 5.50. The molecule has 0 aliphatic carbocycles. The summed E-state index contributed by atoms with van der Waals surface area (Å²) in [6.45, 7) is 10.7. The van der Waals surface area contributed by atoms with Gasteiger partial charge in [-0.1, -0.05) is 0 Å².